The Labute approximate surface area is 264 Å². The number of nitrogens with one attached hydrogen (secondary N) is 2. The zero-order chi connectivity index (χ0) is 30.5. The number of allylic oxidation sites excluding steroid dienone is 1. The van der Waals surface area contributed by atoms with Gasteiger partial charge in [0.15, 0.2) is 10.9 Å². The van der Waals surface area contributed by atoms with Crippen molar-refractivity contribution in [2.45, 2.75) is 37.9 Å². The molecule has 1 aromatic carbocycles. The molecule has 6 heterocycles. The zero-order valence-corrected chi connectivity index (χ0v) is 26.7. The Balaban J connectivity index is 1.41. The Morgan fingerprint density at radius 2 is 1.95 bits per heavy atom. The fraction of sp³-hybridized carbons (Fsp3) is 0.516. The molecule has 4 aliphatic rings. The predicted molar refractivity (Wildman–Crippen MR) is 175 cm³/mol. The van der Waals surface area contributed by atoms with Crippen LogP contribution in [0.15, 0.2) is 23.5 Å². The van der Waals surface area contributed by atoms with E-state index in [-0.39, 0.29) is 11.7 Å². The fourth-order valence-corrected chi connectivity index (χ4v) is 8.16. The molecule has 44 heavy (non-hydrogen) atoms. The molecular formula is C31H38ClFN8O2S. The maximum atomic E-state index is 14.9. The number of rotatable bonds is 7. The smallest absolute Gasteiger partial charge is 0.350 e. The molecule has 3 fully saturated rings. The van der Waals surface area contributed by atoms with Crippen LogP contribution in [0.5, 0.6) is 5.75 Å². The highest BCUT2D eigenvalue weighted by Gasteiger charge is 2.36. The Morgan fingerprint density at radius 3 is 2.64 bits per heavy atom. The summed E-state index contributed by atoms with van der Waals surface area (Å²) >= 11 is 8.22. The first kappa shape index (κ1) is 29.7. The number of anilines is 2. The molecule has 0 aliphatic carbocycles. The van der Waals surface area contributed by atoms with Gasteiger partial charge in [0.25, 0.3) is 0 Å². The molecule has 2 aromatic heterocycles. The van der Waals surface area contributed by atoms with Crippen molar-refractivity contribution in [2.24, 2.45) is 0 Å². The van der Waals surface area contributed by atoms with Gasteiger partial charge in [0, 0.05) is 75.9 Å². The topological polar surface area (TPSA) is 90.8 Å². The number of hydrogen-bond donors (Lipinski definition) is 2. The third-order valence-corrected chi connectivity index (χ3v) is 10.8. The van der Waals surface area contributed by atoms with E-state index in [1.807, 2.05) is 10.6 Å². The first-order valence-corrected chi connectivity index (χ1v) is 16.6. The van der Waals surface area contributed by atoms with E-state index < -0.39 is 5.83 Å². The second-order valence-electron chi connectivity index (χ2n) is 12.0. The average Bonchev–Trinajstić information content (AvgIpc) is 3.61. The molecule has 3 aromatic rings. The summed E-state index contributed by atoms with van der Waals surface area (Å²) in [7, 11) is 1.74. The highest BCUT2D eigenvalue weighted by Crippen LogP contribution is 2.42. The lowest BCUT2D eigenvalue weighted by Gasteiger charge is -2.38. The number of halogens is 2. The van der Waals surface area contributed by atoms with Crippen LogP contribution in [0, 0.1) is 0 Å². The average molecular weight is 641 g/mol. The van der Waals surface area contributed by atoms with Crippen molar-refractivity contribution in [3.63, 3.8) is 0 Å². The third-order valence-electron chi connectivity index (χ3n) is 9.36. The van der Waals surface area contributed by atoms with Crippen LogP contribution in [0.4, 0.5) is 15.3 Å². The third kappa shape index (κ3) is 5.30. The maximum Gasteiger partial charge on any atom is 0.350 e. The molecule has 3 atom stereocenters. The normalized spacial score (nSPS) is 25.0. The minimum atomic E-state index is -0.471. The summed E-state index contributed by atoms with van der Waals surface area (Å²) < 4.78 is 23.6. The fourth-order valence-electron chi connectivity index (χ4n) is 7.08. The van der Waals surface area contributed by atoms with Crippen molar-refractivity contribution in [3.05, 3.63) is 49.7 Å². The van der Waals surface area contributed by atoms with Crippen LogP contribution in [0.1, 0.15) is 31.4 Å². The summed E-state index contributed by atoms with van der Waals surface area (Å²) in [4.78, 5) is 30.4. The molecule has 0 radical (unpaired) electrons. The first-order valence-electron chi connectivity index (χ1n) is 15.4. The van der Waals surface area contributed by atoms with Gasteiger partial charge in [-0.15, -0.1) is 0 Å². The summed E-state index contributed by atoms with van der Waals surface area (Å²) in [6.45, 7) is 13.3. The summed E-state index contributed by atoms with van der Waals surface area (Å²) in [5, 5.41) is 8.86. The largest absolute Gasteiger partial charge is 0.488 e. The van der Waals surface area contributed by atoms with Gasteiger partial charge in [-0.3, -0.25) is 9.47 Å². The lowest BCUT2D eigenvalue weighted by molar-refractivity contribution is 0.106. The van der Waals surface area contributed by atoms with Crippen molar-refractivity contribution in [3.8, 4) is 5.75 Å². The van der Waals surface area contributed by atoms with Crippen molar-refractivity contribution in [1.82, 2.24) is 29.7 Å². The van der Waals surface area contributed by atoms with Crippen LogP contribution in [0.25, 0.3) is 22.8 Å². The summed E-state index contributed by atoms with van der Waals surface area (Å²) in [6.07, 6.45) is 5.15. The van der Waals surface area contributed by atoms with Crippen molar-refractivity contribution >= 4 is 56.7 Å². The van der Waals surface area contributed by atoms with E-state index in [0.29, 0.717) is 67.9 Å². The number of thiazole rings is 1. The van der Waals surface area contributed by atoms with Crippen LogP contribution in [0.2, 0.25) is 5.02 Å². The van der Waals surface area contributed by atoms with Gasteiger partial charge in [0.1, 0.15) is 18.3 Å². The van der Waals surface area contributed by atoms with Gasteiger partial charge < -0.3 is 25.2 Å². The van der Waals surface area contributed by atoms with Crippen LogP contribution in [-0.4, -0.2) is 102 Å². The van der Waals surface area contributed by atoms with E-state index in [1.54, 1.807) is 13.1 Å². The minimum Gasteiger partial charge on any atom is -0.488 e. The molecule has 234 valence electrons. The molecule has 3 unspecified atom stereocenters. The van der Waals surface area contributed by atoms with E-state index in [1.165, 1.54) is 17.4 Å². The molecule has 10 nitrogen and oxygen atoms in total. The van der Waals surface area contributed by atoms with Crippen LogP contribution in [-0.2, 0) is 0 Å². The van der Waals surface area contributed by atoms with Gasteiger partial charge in [0.2, 0.25) is 0 Å². The van der Waals surface area contributed by atoms with Gasteiger partial charge in [0.05, 0.1) is 26.5 Å². The number of hydrogen-bond acceptors (Lipinski definition) is 10. The number of aromatic nitrogens is 3. The first-order chi connectivity index (χ1) is 21.4. The van der Waals surface area contributed by atoms with Gasteiger partial charge >= 0.3 is 5.69 Å². The predicted octanol–water partition coefficient (Wildman–Crippen LogP) is 2.15. The molecule has 2 bridgehead atoms. The summed E-state index contributed by atoms with van der Waals surface area (Å²) in [5.74, 6) is 0.678. The van der Waals surface area contributed by atoms with Crippen molar-refractivity contribution < 1.29 is 9.13 Å². The highest BCUT2D eigenvalue weighted by atomic mass is 35.5. The van der Waals surface area contributed by atoms with E-state index >= 15 is 0 Å². The Hall–Kier alpha value is -3.03. The van der Waals surface area contributed by atoms with Gasteiger partial charge in [-0.05, 0) is 37.6 Å². The van der Waals surface area contributed by atoms with Gasteiger partial charge in [-0.2, -0.15) is 4.98 Å². The van der Waals surface area contributed by atoms with E-state index in [2.05, 4.69) is 43.8 Å². The standard InChI is InChI=1S/C31H38ClFN8O2S/c1-4-24(33)28-25(36-30(34-3)44-28)13-21-23(32)12-22-26-27(21)43-17-20(16-39-10-8-38(5-2)9-11-39)41(26)31(42)37-29(22)40-14-18-6-7-19(15-40)35-18/h4,12-13,18-20,35H,1,5-11,14-17H2,2-3H3,(H,34,36)/b25-13-,28-24-. The quantitative estimate of drug-likeness (QED) is 0.403. The highest BCUT2D eigenvalue weighted by molar-refractivity contribution is 7.13. The molecule has 3 saturated heterocycles. The second-order valence-corrected chi connectivity index (χ2v) is 13.4. The van der Waals surface area contributed by atoms with Crippen molar-refractivity contribution in [1.29, 1.82) is 0 Å². The maximum absolute atomic E-state index is 14.9. The molecule has 0 spiro atoms. The van der Waals surface area contributed by atoms with Crippen molar-refractivity contribution in [2.75, 3.05) is 76.2 Å². The SMILES string of the molecule is C=C/C(F)=c1/sc(NC)n/c1=C\c1c(Cl)cc2c(N3CC4CCC(C3)N4)nc(=O)n3c2c1OCC3CN1CCN(CC)CC1. The summed E-state index contributed by atoms with van der Waals surface area (Å²) in [6, 6.07) is 2.42. The van der Waals surface area contributed by atoms with E-state index in [4.69, 9.17) is 21.3 Å². The van der Waals surface area contributed by atoms with Gasteiger partial charge in [-0.25, -0.2) is 14.2 Å². The molecule has 0 saturated carbocycles. The lowest BCUT2D eigenvalue weighted by atomic mass is 10.0. The number of benzene rings is 1. The number of ether oxygens (including phenoxy) is 1. The molecular weight excluding hydrogens is 603 g/mol. The zero-order valence-electron chi connectivity index (χ0n) is 25.1. The molecule has 4 aliphatic heterocycles. The monoisotopic (exact) mass is 640 g/mol. The van der Waals surface area contributed by atoms with E-state index in [9.17, 15) is 9.18 Å². The van der Waals surface area contributed by atoms with Gasteiger partial charge in [-0.1, -0.05) is 36.4 Å². The Morgan fingerprint density at radius 1 is 1.23 bits per heavy atom. The van der Waals surface area contributed by atoms with Crippen LogP contribution >= 0.6 is 22.9 Å². The van der Waals surface area contributed by atoms with Crippen LogP contribution in [0.3, 0.4) is 0 Å². The van der Waals surface area contributed by atoms with E-state index in [0.717, 1.165) is 64.0 Å². The Bertz CT molecular complexity index is 1770. The molecule has 0 amide bonds. The lowest BCUT2D eigenvalue weighted by Crippen LogP contribution is -2.52. The molecule has 7 rings (SSSR count). The Kier molecular flexibility index (Phi) is 8.13. The minimum absolute atomic E-state index is 0.210. The number of likely N-dealkylation sites (N-methyl/N-ethyl adjacent to an activating group) is 1. The number of nitrogens with zero attached hydrogens (tertiary/aromatic N) is 6. The second kappa shape index (κ2) is 12.1. The number of fused-ring (bicyclic) bond motifs is 2. The number of piperazine rings is 2. The molecule has 13 heteroatoms. The molecule has 2 N–H and O–H groups in total. The summed E-state index contributed by atoms with van der Waals surface area (Å²) in [5.41, 5.74) is 0.959. The van der Waals surface area contributed by atoms with Crippen LogP contribution < -0.4 is 35.8 Å².